The number of rotatable bonds is 5. The topological polar surface area (TPSA) is 104 Å². The van der Waals surface area contributed by atoms with Crippen LogP contribution in [0.4, 0.5) is 5.69 Å². The Morgan fingerprint density at radius 3 is 2.38 bits per heavy atom. The van der Waals surface area contributed by atoms with Crippen molar-refractivity contribution >= 4 is 45.0 Å². The highest BCUT2D eigenvalue weighted by Crippen LogP contribution is 2.40. The highest BCUT2D eigenvalue weighted by Gasteiger charge is 2.28. The van der Waals surface area contributed by atoms with E-state index in [0.29, 0.717) is 6.29 Å². The third-order valence-electron chi connectivity index (χ3n) is 2.94. The molecule has 0 amide bonds. The predicted octanol–water partition coefficient (Wildman–Crippen LogP) is 3.91. The summed E-state index contributed by atoms with van der Waals surface area (Å²) < 4.78 is 28.8. The van der Waals surface area contributed by atoms with Crippen LogP contribution in [-0.2, 0) is 9.84 Å². The van der Waals surface area contributed by atoms with Gasteiger partial charge < -0.3 is 4.74 Å². The molecule has 2 aromatic carbocycles. The summed E-state index contributed by atoms with van der Waals surface area (Å²) in [6.45, 7) is 0. The number of para-hydroxylation sites is 1. The van der Waals surface area contributed by atoms with Crippen molar-refractivity contribution in [2.45, 2.75) is 4.90 Å². The second-order valence-corrected chi connectivity index (χ2v) is 7.45. The molecule has 0 aliphatic rings. The van der Waals surface area contributed by atoms with Gasteiger partial charge in [0.15, 0.2) is 16.1 Å². The molecule has 0 aliphatic heterocycles. The molecular formula is C14H9Cl2NO6S. The first-order valence-electron chi connectivity index (χ1n) is 6.24. The molecule has 0 N–H and O–H groups in total. The number of benzene rings is 2. The number of nitro groups is 1. The van der Waals surface area contributed by atoms with Crippen LogP contribution in [0.2, 0.25) is 10.0 Å². The Balaban J connectivity index is 2.61. The van der Waals surface area contributed by atoms with E-state index in [0.717, 1.165) is 12.3 Å². The van der Waals surface area contributed by atoms with Crippen LogP contribution >= 0.6 is 23.2 Å². The van der Waals surface area contributed by atoms with Crippen LogP contribution in [0.25, 0.3) is 0 Å². The highest BCUT2D eigenvalue weighted by atomic mass is 35.5. The summed E-state index contributed by atoms with van der Waals surface area (Å²) in [5.74, 6) is -0.374. The fraction of sp³-hybridized carbons (Fsp3) is 0.0714. The number of ether oxygens (including phenoxy) is 1. The molecule has 24 heavy (non-hydrogen) atoms. The first-order valence-corrected chi connectivity index (χ1v) is 8.89. The summed E-state index contributed by atoms with van der Waals surface area (Å²) in [5.41, 5.74) is -0.597. The molecule has 2 aromatic rings. The van der Waals surface area contributed by atoms with Gasteiger partial charge >= 0.3 is 5.69 Å². The predicted molar refractivity (Wildman–Crippen MR) is 88.1 cm³/mol. The lowest BCUT2D eigenvalue weighted by Gasteiger charge is -2.11. The normalized spacial score (nSPS) is 11.1. The fourth-order valence-corrected chi connectivity index (χ4v) is 3.16. The summed E-state index contributed by atoms with van der Waals surface area (Å²) in [7, 11) is -3.85. The van der Waals surface area contributed by atoms with Crippen molar-refractivity contribution in [2.75, 3.05) is 6.26 Å². The SMILES string of the molecule is CS(=O)(=O)c1cccc(Oc2cc(Cl)c(C=O)cc2Cl)c1[N+](=O)[O-]. The Labute approximate surface area is 146 Å². The Morgan fingerprint density at radius 1 is 1.17 bits per heavy atom. The molecule has 0 saturated carbocycles. The second-order valence-electron chi connectivity index (χ2n) is 4.66. The lowest BCUT2D eigenvalue weighted by atomic mass is 10.2. The van der Waals surface area contributed by atoms with Gasteiger partial charge in [0.1, 0.15) is 10.6 Å². The lowest BCUT2D eigenvalue weighted by molar-refractivity contribution is -0.388. The van der Waals surface area contributed by atoms with Gasteiger partial charge in [0.2, 0.25) is 5.75 Å². The molecule has 0 radical (unpaired) electrons. The monoisotopic (exact) mass is 389 g/mol. The molecular weight excluding hydrogens is 381 g/mol. The van der Waals surface area contributed by atoms with Crippen molar-refractivity contribution < 1.29 is 22.9 Å². The zero-order valence-corrected chi connectivity index (χ0v) is 14.4. The maximum Gasteiger partial charge on any atom is 0.330 e. The number of carbonyl (C=O) groups excluding carboxylic acids is 1. The standard InChI is InChI=1S/C14H9Cl2NO6S/c1-24(21,22)13-4-2-3-11(14(13)17(19)20)23-12-6-9(15)8(7-18)5-10(12)16/h2-7H,1H3. The molecule has 0 spiro atoms. The number of hydrogen-bond acceptors (Lipinski definition) is 6. The van der Waals surface area contributed by atoms with Gasteiger partial charge in [-0.15, -0.1) is 0 Å². The number of aldehydes is 1. The second kappa shape index (κ2) is 6.76. The van der Waals surface area contributed by atoms with Crippen molar-refractivity contribution in [3.8, 4) is 11.5 Å². The summed E-state index contributed by atoms with van der Waals surface area (Å²) in [4.78, 5) is 20.7. The van der Waals surface area contributed by atoms with Gasteiger partial charge in [0.05, 0.1) is 15.0 Å². The fourth-order valence-electron chi connectivity index (χ4n) is 1.89. The Morgan fingerprint density at radius 2 is 1.83 bits per heavy atom. The molecule has 126 valence electrons. The van der Waals surface area contributed by atoms with E-state index in [9.17, 15) is 23.3 Å². The van der Waals surface area contributed by atoms with Crippen LogP contribution in [0.1, 0.15) is 10.4 Å². The van der Waals surface area contributed by atoms with Crippen molar-refractivity contribution in [1.82, 2.24) is 0 Å². The molecule has 0 heterocycles. The first kappa shape index (κ1) is 18.2. The average Bonchev–Trinajstić information content (AvgIpc) is 2.49. The largest absolute Gasteiger partial charge is 0.448 e. The summed E-state index contributed by atoms with van der Waals surface area (Å²) in [6.07, 6.45) is 1.34. The van der Waals surface area contributed by atoms with Crippen molar-refractivity contribution in [3.05, 3.63) is 56.1 Å². The molecule has 0 aliphatic carbocycles. The van der Waals surface area contributed by atoms with E-state index in [-0.39, 0.29) is 27.1 Å². The van der Waals surface area contributed by atoms with Crippen LogP contribution in [0.15, 0.2) is 35.2 Å². The zero-order valence-electron chi connectivity index (χ0n) is 12.0. The number of halogens is 2. The van der Waals surface area contributed by atoms with Crippen LogP contribution in [0, 0.1) is 10.1 Å². The highest BCUT2D eigenvalue weighted by molar-refractivity contribution is 7.90. The quantitative estimate of drug-likeness (QED) is 0.436. The van der Waals surface area contributed by atoms with Gasteiger partial charge in [-0.05, 0) is 18.2 Å². The molecule has 0 saturated heterocycles. The molecule has 0 unspecified atom stereocenters. The van der Waals surface area contributed by atoms with E-state index >= 15 is 0 Å². The molecule has 10 heteroatoms. The molecule has 2 rings (SSSR count). The maximum absolute atomic E-state index is 11.7. The van der Waals surface area contributed by atoms with Crippen LogP contribution < -0.4 is 4.74 Å². The van der Waals surface area contributed by atoms with Crippen LogP contribution in [-0.4, -0.2) is 25.9 Å². The molecule has 0 bridgehead atoms. The molecule has 0 atom stereocenters. The third kappa shape index (κ3) is 3.66. The van der Waals surface area contributed by atoms with Crippen LogP contribution in [0.5, 0.6) is 11.5 Å². The first-order chi connectivity index (χ1) is 11.1. The minimum atomic E-state index is -3.85. The van der Waals surface area contributed by atoms with E-state index in [1.54, 1.807) is 0 Å². The average molecular weight is 390 g/mol. The van der Waals surface area contributed by atoms with E-state index in [4.69, 9.17) is 27.9 Å². The Bertz CT molecular complexity index is 943. The molecule has 0 aromatic heterocycles. The van der Waals surface area contributed by atoms with E-state index < -0.39 is 25.3 Å². The van der Waals surface area contributed by atoms with Gasteiger partial charge in [-0.3, -0.25) is 14.9 Å². The minimum Gasteiger partial charge on any atom is -0.448 e. The lowest BCUT2D eigenvalue weighted by Crippen LogP contribution is -2.04. The number of carbonyl (C=O) groups is 1. The minimum absolute atomic E-state index is 0.0134. The smallest absolute Gasteiger partial charge is 0.330 e. The number of hydrogen-bond donors (Lipinski definition) is 0. The Kier molecular flexibility index (Phi) is 5.12. The van der Waals surface area contributed by atoms with Crippen molar-refractivity contribution in [3.63, 3.8) is 0 Å². The third-order valence-corrected chi connectivity index (χ3v) is 4.69. The van der Waals surface area contributed by atoms with Crippen molar-refractivity contribution in [2.24, 2.45) is 0 Å². The van der Waals surface area contributed by atoms with Gasteiger partial charge in [0, 0.05) is 17.9 Å². The maximum atomic E-state index is 11.7. The number of nitro benzene ring substituents is 1. The summed E-state index contributed by atoms with van der Waals surface area (Å²) in [5, 5.41) is 11.3. The summed E-state index contributed by atoms with van der Waals surface area (Å²) in [6, 6.07) is 6.08. The van der Waals surface area contributed by atoms with Gasteiger partial charge in [-0.25, -0.2) is 8.42 Å². The molecule has 7 nitrogen and oxygen atoms in total. The van der Waals surface area contributed by atoms with Gasteiger partial charge in [-0.2, -0.15) is 0 Å². The summed E-state index contributed by atoms with van der Waals surface area (Å²) >= 11 is 11.8. The van der Waals surface area contributed by atoms with Gasteiger partial charge in [-0.1, -0.05) is 29.3 Å². The number of nitrogens with zero attached hydrogens (tertiary/aromatic N) is 1. The Hall–Kier alpha value is -2.16. The van der Waals surface area contributed by atoms with E-state index in [2.05, 4.69) is 0 Å². The molecule has 0 fully saturated rings. The zero-order chi connectivity index (χ0) is 18.1. The van der Waals surface area contributed by atoms with E-state index in [1.807, 2.05) is 0 Å². The van der Waals surface area contributed by atoms with Gasteiger partial charge in [0.25, 0.3) is 0 Å². The van der Waals surface area contributed by atoms with E-state index in [1.165, 1.54) is 24.3 Å². The number of sulfone groups is 1. The van der Waals surface area contributed by atoms with Crippen molar-refractivity contribution in [1.29, 1.82) is 0 Å². The van der Waals surface area contributed by atoms with Crippen LogP contribution in [0.3, 0.4) is 0 Å².